The zero-order valence-electron chi connectivity index (χ0n) is 16.3. The zero-order chi connectivity index (χ0) is 20.6. The van der Waals surface area contributed by atoms with Crippen LogP contribution in [0, 0.1) is 5.92 Å². The van der Waals surface area contributed by atoms with Crippen LogP contribution in [0.1, 0.15) is 40.0 Å². The maximum atomic E-state index is 12.4. The van der Waals surface area contributed by atoms with Crippen molar-refractivity contribution in [3.63, 3.8) is 0 Å². The van der Waals surface area contributed by atoms with Crippen molar-refractivity contribution in [3.8, 4) is 0 Å². The second-order valence-corrected chi connectivity index (χ2v) is 8.42. The number of urea groups is 1. The zero-order valence-corrected chi connectivity index (χ0v) is 16.3. The van der Waals surface area contributed by atoms with E-state index in [4.69, 9.17) is 4.74 Å². The third-order valence-corrected chi connectivity index (χ3v) is 5.17. The Morgan fingerprint density at radius 1 is 1.07 bits per heavy atom. The van der Waals surface area contributed by atoms with Crippen LogP contribution in [0.5, 0.6) is 0 Å². The maximum absolute atomic E-state index is 12.4. The van der Waals surface area contributed by atoms with Crippen LogP contribution in [-0.2, 0) is 14.3 Å². The topological polar surface area (TPSA) is 132 Å². The SMILES string of the molecule is CC(C)(C)OC(=O)N1CC[C@@H](C(=O)NNC(=O)[C@H]2CC[C@@H]3CN2C(=O)N3O)C1. The highest BCUT2D eigenvalue weighted by atomic mass is 16.6. The number of carbonyl (C=O) groups excluding carboxylic acids is 4. The quantitative estimate of drug-likeness (QED) is 0.446. The number of hydrogen-bond acceptors (Lipinski definition) is 6. The molecule has 3 heterocycles. The van der Waals surface area contributed by atoms with E-state index in [0.717, 1.165) is 0 Å². The minimum Gasteiger partial charge on any atom is -0.444 e. The molecule has 3 saturated heterocycles. The van der Waals surface area contributed by atoms with Crippen LogP contribution in [0.15, 0.2) is 0 Å². The van der Waals surface area contributed by atoms with Gasteiger partial charge < -0.3 is 14.5 Å². The highest BCUT2D eigenvalue weighted by Gasteiger charge is 2.47. The van der Waals surface area contributed by atoms with E-state index in [0.29, 0.717) is 30.9 Å². The summed E-state index contributed by atoms with van der Waals surface area (Å²) in [4.78, 5) is 51.5. The van der Waals surface area contributed by atoms with Gasteiger partial charge in [0, 0.05) is 19.6 Å². The molecule has 3 aliphatic rings. The van der Waals surface area contributed by atoms with Crippen LogP contribution in [0.2, 0.25) is 0 Å². The molecule has 0 unspecified atom stereocenters. The standard InChI is InChI=1S/C17H27N5O6/c1-17(2,3)28-16(26)20-7-6-10(8-20)13(23)18-19-14(24)12-5-4-11-9-21(12)15(25)22(11)27/h10-12,27H,4-9H2,1-3H3,(H,18,23)(H,19,24)/t10-,11-,12-/m1/s1. The van der Waals surface area contributed by atoms with Crippen molar-refractivity contribution in [2.75, 3.05) is 19.6 Å². The predicted octanol–water partition coefficient (Wildman–Crippen LogP) is 0.0486. The average molecular weight is 397 g/mol. The summed E-state index contributed by atoms with van der Waals surface area (Å²) in [5.41, 5.74) is 4.14. The van der Waals surface area contributed by atoms with E-state index in [1.165, 1.54) is 9.80 Å². The first-order valence-corrected chi connectivity index (χ1v) is 9.43. The van der Waals surface area contributed by atoms with Gasteiger partial charge in [-0.05, 0) is 40.0 Å². The van der Waals surface area contributed by atoms with E-state index in [9.17, 15) is 24.4 Å². The highest BCUT2D eigenvalue weighted by molar-refractivity contribution is 5.90. The lowest BCUT2D eigenvalue weighted by Crippen LogP contribution is -2.55. The summed E-state index contributed by atoms with van der Waals surface area (Å²) < 4.78 is 5.30. The largest absolute Gasteiger partial charge is 0.444 e. The molecule has 0 spiro atoms. The fourth-order valence-corrected chi connectivity index (χ4v) is 3.70. The number of hydroxylamine groups is 2. The van der Waals surface area contributed by atoms with Crippen molar-refractivity contribution >= 4 is 23.9 Å². The molecule has 0 aromatic heterocycles. The van der Waals surface area contributed by atoms with Crippen molar-refractivity contribution in [2.24, 2.45) is 5.92 Å². The molecule has 0 aromatic carbocycles. The number of hydrazine groups is 1. The molecule has 0 aromatic rings. The monoisotopic (exact) mass is 397 g/mol. The molecule has 5 amide bonds. The van der Waals surface area contributed by atoms with Crippen LogP contribution in [-0.4, -0.2) is 81.3 Å². The molecule has 0 aliphatic carbocycles. The Labute approximate surface area is 162 Å². The second kappa shape index (κ2) is 7.46. The van der Waals surface area contributed by atoms with Crippen molar-refractivity contribution < 1.29 is 29.1 Å². The van der Waals surface area contributed by atoms with Gasteiger partial charge >= 0.3 is 12.1 Å². The average Bonchev–Trinajstić information content (AvgIpc) is 3.19. The molecule has 11 heteroatoms. The van der Waals surface area contributed by atoms with Crippen LogP contribution in [0.25, 0.3) is 0 Å². The Kier molecular flexibility index (Phi) is 5.37. The van der Waals surface area contributed by atoms with Gasteiger partial charge in [0.25, 0.3) is 5.91 Å². The number of hydrogen-bond donors (Lipinski definition) is 3. The molecule has 28 heavy (non-hydrogen) atoms. The second-order valence-electron chi connectivity index (χ2n) is 8.42. The molecule has 3 rings (SSSR count). The Morgan fingerprint density at radius 2 is 1.75 bits per heavy atom. The number of nitrogens with zero attached hydrogens (tertiary/aromatic N) is 3. The van der Waals surface area contributed by atoms with Gasteiger partial charge in [-0.1, -0.05) is 0 Å². The first-order chi connectivity index (χ1) is 13.1. The third-order valence-electron chi connectivity index (χ3n) is 5.17. The summed E-state index contributed by atoms with van der Waals surface area (Å²) in [7, 11) is 0. The number of fused-ring (bicyclic) bond motifs is 2. The number of ether oxygens (including phenoxy) is 1. The lowest BCUT2D eigenvalue weighted by Gasteiger charge is -2.29. The maximum Gasteiger partial charge on any atom is 0.410 e. The van der Waals surface area contributed by atoms with Gasteiger partial charge in [0.05, 0.1) is 12.0 Å². The molecule has 11 nitrogen and oxygen atoms in total. The molecule has 0 radical (unpaired) electrons. The van der Waals surface area contributed by atoms with E-state index in [1.54, 1.807) is 20.8 Å². The van der Waals surface area contributed by atoms with Crippen molar-refractivity contribution in [3.05, 3.63) is 0 Å². The fourth-order valence-electron chi connectivity index (χ4n) is 3.70. The Balaban J connectivity index is 1.46. The van der Waals surface area contributed by atoms with E-state index in [2.05, 4.69) is 10.9 Å². The number of nitrogens with one attached hydrogen (secondary N) is 2. The minimum atomic E-state index is -0.733. The van der Waals surface area contributed by atoms with Crippen molar-refractivity contribution in [1.29, 1.82) is 0 Å². The van der Waals surface area contributed by atoms with Crippen LogP contribution in [0.3, 0.4) is 0 Å². The van der Waals surface area contributed by atoms with Gasteiger partial charge in [0.15, 0.2) is 0 Å². The fraction of sp³-hybridized carbons (Fsp3) is 0.765. The normalized spacial score (nSPS) is 27.1. The highest BCUT2D eigenvalue weighted by Crippen LogP contribution is 2.28. The summed E-state index contributed by atoms with van der Waals surface area (Å²) in [5.74, 6) is -1.35. The van der Waals surface area contributed by atoms with Crippen molar-refractivity contribution in [1.82, 2.24) is 25.7 Å². The molecule has 3 fully saturated rings. The first-order valence-electron chi connectivity index (χ1n) is 9.43. The van der Waals surface area contributed by atoms with Gasteiger partial charge in [-0.3, -0.25) is 25.6 Å². The van der Waals surface area contributed by atoms with Crippen LogP contribution < -0.4 is 10.9 Å². The van der Waals surface area contributed by atoms with Gasteiger partial charge in [0.2, 0.25) is 5.91 Å². The number of piperidine rings is 1. The summed E-state index contributed by atoms with van der Waals surface area (Å²) in [6.45, 7) is 6.22. The Bertz CT molecular complexity index is 677. The number of rotatable bonds is 2. The van der Waals surface area contributed by atoms with Gasteiger partial charge in [-0.2, -0.15) is 0 Å². The molecular weight excluding hydrogens is 370 g/mol. The first kappa shape index (κ1) is 20.2. The van der Waals surface area contributed by atoms with E-state index >= 15 is 0 Å². The molecule has 0 saturated carbocycles. The molecule has 3 aliphatic heterocycles. The molecular formula is C17H27N5O6. The van der Waals surface area contributed by atoms with Crippen LogP contribution in [0.4, 0.5) is 9.59 Å². The predicted molar refractivity (Wildman–Crippen MR) is 94.7 cm³/mol. The van der Waals surface area contributed by atoms with Crippen molar-refractivity contribution in [2.45, 2.75) is 57.7 Å². The summed E-state index contributed by atoms with van der Waals surface area (Å²) in [6, 6.07) is -1.62. The van der Waals surface area contributed by atoms with Gasteiger partial charge in [0.1, 0.15) is 11.6 Å². The minimum absolute atomic E-state index is 0.214. The number of likely N-dealkylation sites (tertiary alicyclic amines) is 1. The van der Waals surface area contributed by atoms with Gasteiger partial charge in [-0.25, -0.2) is 14.7 Å². The summed E-state index contributed by atoms with van der Waals surface area (Å²) in [6.07, 6.45) is 0.920. The Hall–Kier alpha value is -2.56. The smallest absolute Gasteiger partial charge is 0.410 e. The summed E-state index contributed by atoms with van der Waals surface area (Å²) in [5, 5.41) is 10.3. The third kappa shape index (κ3) is 4.13. The molecule has 156 valence electrons. The summed E-state index contributed by atoms with van der Waals surface area (Å²) >= 11 is 0. The molecule has 3 atom stereocenters. The van der Waals surface area contributed by atoms with E-state index in [1.807, 2.05) is 0 Å². The number of amides is 5. The lowest BCUT2D eigenvalue weighted by atomic mass is 10.0. The van der Waals surface area contributed by atoms with E-state index in [-0.39, 0.29) is 19.1 Å². The lowest BCUT2D eigenvalue weighted by molar-refractivity contribution is -0.133. The molecule has 2 bridgehead atoms. The van der Waals surface area contributed by atoms with Crippen LogP contribution >= 0.6 is 0 Å². The Morgan fingerprint density at radius 3 is 2.43 bits per heavy atom. The number of carbonyl (C=O) groups is 4. The van der Waals surface area contributed by atoms with Gasteiger partial charge in [-0.15, -0.1) is 0 Å². The van der Waals surface area contributed by atoms with E-state index < -0.39 is 41.5 Å². The molecule has 3 N–H and O–H groups in total.